The third-order valence-corrected chi connectivity index (χ3v) is 7.62. The topological polar surface area (TPSA) is 97.4 Å². The zero-order valence-corrected chi connectivity index (χ0v) is 22.2. The summed E-state index contributed by atoms with van der Waals surface area (Å²) in [6.07, 6.45) is 4.61. The molecule has 0 saturated carbocycles. The molecule has 3 saturated heterocycles. The Kier molecular flexibility index (Phi) is 6.94. The molecule has 0 radical (unpaired) electrons. The Labute approximate surface area is 222 Å². The fraction of sp³-hybridized carbons (Fsp3) is 0.519. The number of hydrogen-bond donors (Lipinski definition) is 0. The first-order valence-electron chi connectivity index (χ1n) is 13.5. The normalized spacial score (nSPS) is 18.1. The zero-order valence-electron chi connectivity index (χ0n) is 22.2. The van der Waals surface area contributed by atoms with Crippen LogP contribution in [0, 0.1) is 6.92 Å². The molecule has 38 heavy (non-hydrogen) atoms. The summed E-state index contributed by atoms with van der Waals surface area (Å²) < 4.78 is 9.78. The van der Waals surface area contributed by atoms with E-state index in [4.69, 9.17) is 24.7 Å². The van der Waals surface area contributed by atoms with E-state index in [1.54, 1.807) is 4.90 Å². The molecular weight excluding hydrogens is 482 g/mol. The van der Waals surface area contributed by atoms with Crippen LogP contribution in [0.5, 0.6) is 0 Å². The molecule has 3 aromatic heterocycles. The molecule has 0 bridgehead atoms. The Bertz CT molecular complexity index is 1430. The van der Waals surface area contributed by atoms with Gasteiger partial charge in [-0.3, -0.25) is 14.3 Å². The van der Waals surface area contributed by atoms with Crippen molar-refractivity contribution in [3.05, 3.63) is 35.9 Å². The highest BCUT2D eigenvalue weighted by molar-refractivity contribution is 5.86. The van der Waals surface area contributed by atoms with Crippen molar-refractivity contribution in [2.45, 2.75) is 32.7 Å². The van der Waals surface area contributed by atoms with Gasteiger partial charge in [-0.25, -0.2) is 9.97 Å². The van der Waals surface area contributed by atoms with Crippen LogP contribution < -0.4 is 4.90 Å². The van der Waals surface area contributed by atoms with Crippen molar-refractivity contribution in [2.75, 3.05) is 57.4 Å². The molecule has 11 heteroatoms. The summed E-state index contributed by atoms with van der Waals surface area (Å²) in [6.45, 7) is 10.1. The second-order valence-electron chi connectivity index (χ2n) is 10.2. The predicted molar refractivity (Wildman–Crippen MR) is 145 cm³/mol. The Balaban J connectivity index is 0.000000390. The van der Waals surface area contributed by atoms with Gasteiger partial charge in [-0.15, -0.1) is 0 Å². The lowest BCUT2D eigenvalue weighted by Gasteiger charge is -2.28. The molecule has 11 nitrogen and oxygen atoms in total. The maximum Gasteiger partial charge on any atom is 0.239 e. The van der Waals surface area contributed by atoms with Gasteiger partial charge in [0.2, 0.25) is 12.4 Å². The van der Waals surface area contributed by atoms with E-state index in [1.165, 1.54) is 19.3 Å². The van der Waals surface area contributed by atoms with E-state index in [0.717, 1.165) is 91.9 Å². The van der Waals surface area contributed by atoms with Crippen molar-refractivity contribution < 1.29 is 9.53 Å². The Morgan fingerprint density at radius 2 is 1.68 bits per heavy atom. The molecule has 1 amide bonds. The Hall–Kier alpha value is -3.57. The van der Waals surface area contributed by atoms with Crippen LogP contribution >= 0.6 is 0 Å². The van der Waals surface area contributed by atoms with E-state index in [0.29, 0.717) is 19.2 Å². The molecule has 7 rings (SSSR count). The van der Waals surface area contributed by atoms with Crippen LogP contribution in [0.1, 0.15) is 30.9 Å². The number of hydrogen-bond acceptors (Lipinski definition) is 8. The number of imidazole rings is 2. The molecule has 4 aromatic rings. The van der Waals surface area contributed by atoms with Gasteiger partial charge >= 0.3 is 0 Å². The smallest absolute Gasteiger partial charge is 0.239 e. The van der Waals surface area contributed by atoms with Crippen molar-refractivity contribution in [1.29, 1.82) is 0 Å². The highest BCUT2D eigenvalue weighted by atomic mass is 16.5. The Morgan fingerprint density at radius 1 is 0.921 bits per heavy atom. The first kappa shape index (κ1) is 24.7. The second-order valence-corrected chi connectivity index (χ2v) is 10.2. The molecule has 0 atom stereocenters. The molecule has 3 aliphatic rings. The van der Waals surface area contributed by atoms with Crippen molar-refractivity contribution in [3.8, 4) is 5.95 Å². The number of carbonyl (C=O) groups is 1. The molecule has 0 N–H and O–H groups in total. The number of anilines is 1. The van der Waals surface area contributed by atoms with Gasteiger partial charge in [0.1, 0.15) is 11.6 Å². The van der Waals surface area contributed by atoms with Gasteiger partial charge in [-0.1, -0.05) is 12.1 Å². The summed E-state index contributed by atoms with van der Waals surface area (Å²) in [5.41, 5.74) is 3.69. The van der Waals surface area contributed by atoms with Crippen LogP contribution in [-0.2, 0) is 23.1 Å². The minimum Gasteiger partial charge on any atom is -0.378 e. The largest absolute Gasteiger partial charge is 0.378 e. The van der Waals surface area contributed by atoms with Gasteiger partial charge in [-0.05, 0) is 51.4 Å². The molecule has 3 aliphatic heterocycles. The standard InChI is InChI=1S/C23H28N8O.C4H7NO/c1-16-24-17-7-3-4-8-18(17)31(16)23-26-21-20(22(27-23)30-11-13-32-14-12-30)25-19(28(21)2)15-29-9-5-6-10-29;6-4-5-2-1-3-5/h3-4,7-8H,5-6,9-15H2,1-2H3;4H,1-3H2. The van der Waals surface area contributed by atoms with Gasteiger partial charge in [0.15, 0.2) is 17.0 Å². The van der Waals surface area contributed by atoms with E-state index < -0.39 is 0 Å². The lowest BCUT2D eigenvalue weighted by molar-refractivity contribution is -0.121. The first-order chi connectivity index (χ1) is 18.6. The fourth-order valence-corrected chi connectivity index (χ4v) is 5.30. The van der Waals surface area contributed by atoms with E-state index in [1.807, 2.05) is 29.7 Å². The minimum absolute atomic E-state index is 0.640. The van der Waals surface area contributed by atoms with E-state index in [9.17, 15) is 4.79 Å². The molecule has 1 aromatic carbocycles. The summed E-state index contributed by atoms with van der Waals surface area (Å²) in [5.74, 6) is 3.43. The number of morpholine rings is 1. The summed E-state index contributed by atoms with van der Waals surface area (Å²) in [7, 11) is 2.07. The van der Waals surface area contributed by atoms with Gasteiger partial charge in [-0.2, -0.15) is 9.97 Å². The SMILES string of the molecule is Cc1nc2ccccc2n1-c1nc(N2CCOCC2)c2nc(CN3CCCC3)n(C)c2n1.O=CN1CCC1. The monoisotopic (exact) mass is 517 g/mol. The lowest BCUT2D eigenvalue weighted by Crippen LogP contribution is -2.37. The molecule has 0 unspecified atom stereocenters. The van der Waals surface area contributed by atoms with Crippen LogP contribution in [-0.4, -0.2) is 97.8 Å². The zero-order chi connectivity index (χ0) is 26.1. The third-order valence-electron chi connectivity index (χ3n) is 7.62. The minimum atomic E-state index is 0.640. The van der Waals surface area contributed by atoms with Crippen molar-refractivity contribution in [1.82, 2.24) is 38.9 Å². The van der Waals surface area contributed by atoms with Gasteiger partial charge in [0.05, 0.1) is 30.8 Å². The highest BCUT2D eigenvalue weighted by Crippen LogP contribution is 2.28. The lowest BCUT2D eigenvalue weighted by atomic mass is 10.2. The molecule has 3 fully saturated rings. The predicted octanol–water partition coefficient (Wildman–Crippen LogP) is 2.29. The number of fused-ring (bicyclic) bond motifs is 2. The average Bonchev–Trinajstić information content (AvgIpc) is 3.62. The van der Waals surface area contributed by atoms with Crippen LogP contribution in [0.15, 0.2) is 24.3 Å². The maximum atomic E-state index is 9.71. The highest BCUT2D eigenvalue weighted by Gasteiger charge is 2.25. The number of aryl methyl sites for hydroxylation is 2. The second kappa shape index (κ2) is 10.7. The number of carbonyl (C=O) groups excluding carboxylic acids is 1. The summed E-state index contributed by atoms with van der Waals surface area (Å²) in [6, 6.07) is 8.13. The number of amides is 1. The van der Waals surface area contributed by atoms with Gasteiger partial charge in [0, 0.05) is 33.2 Å². The number of para-hydroxylation sites is 2. The van der Waals surface area contributed by atoms with Crippen molar-refractivity contribution >= 4 is 34.4 Å². The number of ether oxygens (including phenoxy) is 1. The summed E-state index contributed by atoms with van der Waals surface area (Å²) >= 11 is 0. The summed E-state index contributed by atoms with van der Waals surface area (Å²) in [4.78, 5) is 36.1. The quantitative estimate of drug-likeness (QED) is 0.372. The number of nitrogens with zero attached hydrogens (tertiary/aromatic N) is 9. The molecular formula is C27H35N9O2. The molecule has 6 heterocycles. The van der Waals surface area contributed by atoms with Crippen LogP contribution in [0.4, 0.5) is 5.82 Å². The molecule has 200 valence electrons. The van der Waals surface area contributed by atoms with E-state index in [2.05, 4.69) is 27.5 Å². The number of aromatic nitrogens is 6. The van der Waals surface area contributed by atoms with Crippen molar-refractivity contribution in [3.63, 3.8) is 0 Å². The Morgan fingerprint density at radius 3 is 2.37 bits per heavy atom. The fourth-order valence-electron chi connectivity index (χ4n) is 5.30. The number of rotatable bonds is 5. The number of benzene rings is 1. The molecule has 0 aliphatic carbocycles. The first-order valence-corrected chi connectivity index (χ1v) is 13.5. The van der Waals surface area contributed by atoms with Crippen LogP contribution in [0.25, 0.3) is 28.1 Å². The summed E-state index contributed by atoms with van der Waals surface area (Å²) in [5, 5.41) is 0. The molecule has 0 spiro atoms. The average molecular weight is 518 g/mol. The van der Waals surface area contributed by atoms with Crippen LogP contribution in [0.2, 0.25) is 0 Å². The maximum absolute atomic E-state index is 9.71. The van der Waals surface area contributed by atoms with E-state index >= 15 is 0 Å². The third kappa shape index (κ3) is 4.71. The van der Waals surface area contributed by atoms with Crippen LogP contribution in [0.3, 0.4) is 0 Å². The van der Waals surface area contributed by atoms with E-state index in [-0.39, 0.29) is 0 Å². The van der Waals surface area contributed by atoms with Gasteiger partial charge < -0.3 is 19.1 Å². The van der Waals surface area contributed by atoms with Crippen molar-refractivity contribution in [2.24, 2.45) is 7.05 Å². The van der Waals surface area contributed by atoms with Gasteiger partial charge in [0.25, 0.3) is 0 Å². The number of likely N-dealkylation sites (tertiary alicyclic amines) is 2.